The summed E-state index contributed by atoms with van der Waals surface area (Å²) >= 11 is 0. The van der Waals surface area contributed by atoms with Crippen molar-refractivity contribution < 1.29 is 19.8 Å². The number of nitrogens with zero attached hydrogens (tertiary/aromatic N) is 2. The van der Waals surface area contributed by atoms with Gasteiger partial charge in [-0.3, -0.25) is 14.6 Å². The first kappa shape index (κ1) is 17.8. The Kier molecular flexibility index (Phi) is 5.67. The van der Waals surface area contributed by atoms with Crippen molar-refractivity contribution in [3.05, 3.63) is 35.4 Å². The molecule has 3 rings (SSSR count). The molecule has 1 aliphatic carbocycles. The molecule has 1 heterocycles. The number of benzene rings is 1. The van der Waals surface area contributed by atoms with Gasteiger partial charge in [0.15, 0.2) is 0 Å². The first-order chi connectivity index (χ1) is 12.0. The van der Waals surface area contributed by atoms with Gasteiger partial charge < -0.3 is 15.5 Å². The fraction of sp³-hybridized carbons (Fsp3) is 0.556. The monoisotopic (exact) mass is 347 g/mol. The van der Waals surface area contributed by atoms with Crippen LogP contribution in [0.4, 0.5) is 0 Å². The Bertz CT molecular complexity index is 633. The van der Waals surface area contributed by atoms with Gasteiger partial charge in [-0.15, -0.1) is 0 Å². The summed E-state index contributed by atoms with van der Waals surface area (Å²) in [6, 6.07) is 7.28. The number of β-amino-alcohol motifs (C(OH)–C–C–N with tert-alkyl or cyclic N) is 1. The normalized spacial score (nSPS) is 22.4. The van der Waals surface area contributed by atoms with Crippen LogP contribution in [-0.4, -0.2) is 76.8 Å². The molecule has 0 unspecified atom stereocenters. The number of aliphatic hydroxyl groups excluding tert-OH is 1. The second kappa shape index (κ2) is 7.95. The standard InChI is InChI=1S/C18H25N3O4/c22-15-10-20(9-13-3-1-2-4-16(13)18(24)25)7-8-21(11-15)12-17(23)19-14-5-6-14/h1-4,14-15,22H,5-12H2,(H,19,23)(H,24,25)/t15-/m1/s1. The van der Waals surface area contributed by atoms with E-state index in [1.54, 1.807) is 12.1 Å². The summed E-state index contributed by atoms with van der Waals surface area (Å²) in [5, 5.41) is 22.5. The summed E-state index contributed by atoms with van der Waals surface area (Å²) < 4.78 is 0. The highest BCUT2D eigenvalue weighted by Crippen LogP contribution is 2.18. The summed E-state index contributed by atoms with van der Waals surface area (Å²) in [4.78, 5) is 27.3. The molecule has 7 heteroatoms. The molecule has 2 fully saturated rings. The van der Waals surface area contributed by atoms with Crippen LogP contribution >= 0.6 is 0 Å². The minimum atomic E-state index is -0.940. The van der Waals surface area contributed by atoms with Crippen LogP contribution in [0.3, 0.4) is 0 Å². The smallest absolute Gasteiger partial charge is 0.336 e. The molecular formula is C18H25N3O4. The topological polar surface area (TPSA) is 93.1 Å². The van der Waals surface area contributed by atoms with Crippen LogP contribution in [0, 0.1) is 0 Å². The number of aliphatic hydroxyl groups is 1. The van der Waals surface area contributed by atoms with Gasteiger partial charge >= 0.3 is 5.97 Å². The van der Waals surface area contributed by atoms with E-state index in [1.165, 1.54) is 0 Å². The van der Waals surface area contributed by atoms with Gasteiger partial charge in [-0.05, 0) is 24.5 Å². The SMILES string of the molecule is O=C(CN1CCN(Cc2ccccc2C(=O)O)C[C@@H](O)C1)NC1CC1. The van der Waals surface area contributed by atoms with Gasteiger partial charge in [-0.1, -0.05) is 18.2 Å². The van der Waals surface area contributed by atoms with Gasteiger partial charge in [-0.25, -0.2) is 4.79 Å². The van der Waals surface area contributed by atoms with Gasteiger partial charge in [0.1, 0.15) is 0 Å². The number of carboxylic acids is 1. The maximum Gasteiger partial charge on any atom is 0.336 e. The van der Waals surface area contributed by atoms with E-state index >= 15 is 0 Å². The number of hydrogen-bond acceptors (Lipinski definition) is 5. The molecule has 0 spiro atoms. The van der Waals surface area contributed by atoms with Crippen molar-refractivity contribution in [3.8, 4) is 0 Å². The maximum atomic E-state index is 12.0. The molecule has 2 aliphatic rings. The lowest BCUT2D eigenvalue weighted by atomic mass is 10.1. The van der Waals surface area contributed by atoms with E-state index in [9.17, 15) is 19.8 Å². The summed E-state index contributed by atoms with van der Waals surface area (Å²) in [5.41, 5.74) is 1.03. The number of carbonyl (C=O) groups excluding carboxylic acids is 1. The van der Waals surface area contributed by atoms with Crippen molar-refractivity contribution in [2.24, 2.45) is 0 Å². The van der Waals surface area contributed by atoms with Crippen LogP contribution in [0.5, 0.6) is 0 Å². The van der Waals surface area contributed by atoms with Gasteiger partial charge in [0, 0.05) is 38.8 Å². The molecule has 1 aliphatic heterocycles. The zero-order chi connectivity index (χ0) is 17.8. The van der Waals surface area contributed by atoms with E-state index in [2.05, 4.69) is 5.32 Å². The van der Waals surface area contributed by atoms with Crippen molar-refractivity contribution in [2.45, 2.75) is 31.5 Å². The zero-order valence-corrected chi connectivity index (χ0v) is 14.2. The molecule has 7 nitrogen and oxygen atoms in total. The number of carboxylic acid groups (broad SMARTS) is 1. The van der Waals surface area contributed by atoms with Gasteiger partial charge in [-0.2, -0.15) is 0 Å². The lowest BCUT2D eigenvalue weighted by Crippen LogP contribution is -2.41. The predicted molar refractivity (Wildman–Crippen MR) is 92.3 cm³/mol. The fourth-order valence-electron chi connectivity index (χ4n) is 3.22. The van der Waals surface area contributed by atoms with E-state index in [4.69, 9.17) is 0 Å². The molecule has 25 heavy (non-hydrogen) atoms. The second-order valence-corrected chi connectivity index (χ2v) is 6.93. The Morgan fingerprint density at radius 3 is 2.52 bits per heavy atom. The number of nitrogens with one attached hydrogen (secondary N) is 1. The summed E-state index contributed by atoms with van der Waals surface area (Å²) in [5.74, 6) is -0.927. The number of rotatable bonds is 6. The molecule has 1 atom stereocenters. The average molecular weight is 347 g/mol. The quantitative estimate of drug-likeness (QED) is 0.678. The fourth-order valence-corrected chi connectivity index (χ4v) is 3.22. The molecule has 1 saturated heterocycles. The van der Waals surface area contributed by atoms with Crippen LogP contribution < -0.4 is 5.32 Å². The zero-order valence-electron chi connectivity index (χ0n) is 14.2. The third kappa shape index (κ3) is 5.26. The number of aromatic carboxylic acids is 1. The minimum absolute atomic E-state index is 0.0133. The highest BCUT2D eigenvalue weighted by Gasteiger charge is 2.26. The Morgan fingerprint density at radius 1 is 1.12 bits per heavy atom. The van der Waals surface area contributed by atoms with Gasteiger partial charge in [0.05, 0.1) is 18.2 Å². The average Bonchev–Trinajstić information content (AvgIpc) is 3.37. The van der Waals surface area contributed by atoms with Gasteiger partial charge in [0.25, 0.3) is 0 Å². The lowest BCUT2D eigenvalue weighted by Gasteiger charge is -2.22. The molecule has 1 aromatic rings. The Balaban J connectivity index is 1.57. The largest absolute Gasteiger partial charge is 0.478 e. The molecule has 3 N–H and O–H groups in total. The summed E-state index contributed by atoms with van der Waals surface area (Å²) in [6.07, 6.45) is 1.56. The first-order valence-corrected chi connectivity index (χ1v) is 8.74. The van der Waals surface area contributed by atoms with Crippen LogP contribution in [0.2, 0.25) is 0 Å². The van der Waals surface area contributed by atoms with Crippen LogP contribution in [0.25, 0.3) is 0 Å². The Hall–Kier alpha value is -1.96. The van der Waals surface area contributed by atoms with Crippen molar-refractivity contribution in [1.82, 2.24) is 15.1 Å². The Labute approximate surface area is 147 Å². The second-order valence-electron chi connectivity index (χ2n) is 6.93. The van der Waals surface area contributed by atoms with E-state index in [-0.39, 0.29) is 5.91 Å². The highest BCUT2D eigenvalue weighted by molar-refractivity contribution is 5.89. The molecular weight excluding hydrogens is 322 g/mol. The van der Waals surface area contributed by atoms with E-state index < -0.39 is 12.1 Å². The molecule has 1 amide bonds. The number of hydrogen-bond donors (Lipinski definition) is 3. The van der Waals surface area contributed by atoms with Crippen molar-refractivity contribution in [3.63, 3.8) is 0 Å². The van der Waals surface area contributed by atoms with Crippen LogP contribution in [-0.2, 0) is 11.3 Å². The van der Waals surface area contributed by atoms with Crippen LogP contribution in [0.1, 0.15) is 28.8 Å². The van der Waals surface area contributed by atoms with Crippen LogP contribution in [0.15, 0.2) is 24.3 Å². The summed E-state index contributed by atoms with van der Waals surface area (Å²) in [6.45, 7) is 3.05. The van der Waals surface area contributed by atoms with Crippen molar-refractivity contribution in [1.29, 1.82) is 0 Å². The minimum Gasteiger partial charge on any atom is -0.478 e. The Morgan fingerprint density at radius 2 is 1.80 bits per heavy atom. The van der Waals surface area contributed by atoms with E-state index in [0.717, 1.165) is 18.4 Å². The molecule has 0 radical (unpaired) electrons. The van der Waals surface area contributed by atoms with E-state index in [0.29, 0.717) is 50.9 Å². The molecule has 0 bridgehead atoms. The maximum absolute atomic E-state index is 12.0. The highest BCUT2D eigenvalue weighted by atomic mass is 16.4. The summed E-state index contributed by atoms with van der Waals surface area (Å²) in [7, 11) is 0. The predicted octanol–water partition coefficient (Wildman–Crippen LogP) is 0.142. The number of amides is 1. The number of carbonyl (C=O) groups is 2. The molecule has 136 valence electrons. The third-order valence-corrected chi connectivity index (χ3v) is 4.62. The first-order valence-electron chi connectivity index (χ1n) is 8.74. The van der Waals surface area contributed by atoms with E-state index in [1.807, 2.05) is 21.9 Å². The van der Waals surface area contributed by atoms with Crippen molar-refractivity contribution >= 4 is 11.9 Å². The molecule has 1 saturated carbocycles. The lowest BCUT2D eigenvalue weighted by molar-refractivity contribution is -0.122. The third-order valence-electron chi connectivity index (χ3n) is 4.62. The van der Waals surface area contributed by atoms with Crippen molar-refractivity contribution in [2.75, 3.05) is 32.7 Å². The van der Waals surface area contributed by atoms with Gasteiger partial charge in [0.2, 0.25) is 5.91 Å². The molecule has 0 aromatic heterocycles. The molecule has 1 aromatic carbocycles.